The third kappa shape index (κ3) is 3.26. The molecule has 0 spiro atoms. The van der Waals surface area contributed by atoms with E-state index in [-0.39, 0.29) is 17.7 Å². The molecule has 144 valence electrons. The van der Waals surface area contributed by atoms with Gasteiger partial charge >= 0.3 is 0 Å². The van der Waals surface area contributed by atoms with E-state index in [9.17, 15) is 9.59 Å². The second-order valence-corrected chi connectivity index (χ2v) is 8.12. The van der Waals surface area contributed by atoms with Gasteiger partial charge in [0.15, 0.2) is 0 Å². The van der Waals surface area contributed by atoms with E-state index in [0.29, 0.717) is 19.0 Å². The van der Waals surface area contributed by atoms with Gasteiger partial charge in [-0.15, -0.1) is 0 Å². The largest absolute Gasteiger partial charge is 0.367 e. The summed E-state index contributed by atoms with van der Waals surface area (Å²) >= 11 is 0. The molecule has 2 aliphatic heterocycles. The first-order chi connectivity index (χ1) is 13.7. The van der Waals surface area contributed by atoms with Gasteiger partial charge in [0.25, 0.3) is 0 Å². The number of carbonyl (C=O) groups excluding carboxylic acids is 2. The number of amides is 2. The van der Waals surface area contributed by atoms with Gasteiger partial charge in [0, 0.05) is 43.5 Å². The Labute approximate surface area is 165 Å². The van der Waals surface area contributed by atoms with Gasteiger partial charge in [-0.3, -0.25) is 9.59 Å². The summed E-state index contributed by atoms with van der Waals surface area (Å²) in [5.41, 5.74) is 4.63. The standard InChI is InChI=1S/C23H25N3O2/c27-22-13-18(15-26(22)19-9-10-19)23(28)24-20-7-3-1-6-17(20)14-25-12-11-16-5-2-4-8-21(16)25/h1-8,18-19H,9-15H2,(H,24,28). The van der Waals surface area contributed by atoms with Crippen LogP contribution < -0.4 is 10.2 Å². The average molecular weight is 375 g/mol. The maximum absolute atomic E-state index is 12.8. The molecule has 5 nitrogen and oxygen atoms in total. The molecule has 0 aromatic heterocycles. The zero-order chi connectivity index (χ0) is 19.1. The van der Waals surface area contributed by atoms with E-state index in [1.807, 2.05) is 23.1 Å². The molecule has 2 amide bonds. The number of likely N-dealkylation sites (tertiary alicyclic amines) is 1. The van der Waals surface area contributed by atoms with Crippen molar-refractivity contribution in [3.8, 4) is 0 Å². The summed E-state index contributed by atoms with van der Waals surface area (Å²) in [6.45, 7) is 2.33. The van der Waals surface area contributed by atoms with Gasteiger partial charge in [0.1, 0.15) is 0 Å². The fourth-order valence-corrected chi connectivity index (χ4v) is 4.44. The Kier molecular flexibility index (Phi) is 4.30. The summed E-state index contributed by atoms with van der Waals surface area (Å²) < 4.78 is 0. The van der Waals surface area contributed by atoms with Crippen molar-refractivity contribution in [2.45, 2.75) is 38.3 Å². The van der Waals surface area contributed by atoms with Crippen LogP contribution in [0, 0.1) is 5.92 Å². The topological polar surface area (TPSA) is 52.7 Å². The summed E-state index contributed by atoms with van der Waals surface area (Å²) in [6, 6.07) is 16.9. The van der Waals surface area contributed by atoms with Crippen LogP contribution in [0.3, 0.4) is 0 Å². The van der Waals surface area contributed by atoms with Crippen LogP contribution >= 0.6 is 0 Å². The van der Waals surface area contributed by atoms with Crippen molar-refractivity contribution in [3.05, 3.63) is 59.7 Å². The Bertz CT molecular complexity index is 922. The fraction of sp³-hybridized carbons (Fsp3) is 0.391. The smallest absolute Gasteiger partial charge is 0.229 e. The van der Waals surface area contributed by atoms with Crippen LogP contribution in [-0.4, -0.2) is 35.8 Å². The minimum atomic E-state index is -0.242. The first-order valence-corrected chi connectivity index (χ1v) is 10.2. The number of nitrogens with zero attached hydrogens (tertiary/aromatic N) is 2. The molecular weight excluding hydrogens is 350 g/mol. The van der Waals surface area contributed by atoms with Crippen LogP contribution in [0.2, 0.25) is 0 Å². The van der Waals surface area contributed by atoms with Gasteiger partial charge in [-0.2, -0.15) is 0 Å². The first kappa shape index (κ1) is 17.3. The number of hydrogen-bond acceptors (Lipinski definition) is 3. The zero-order valence-corrected chi connectivity index (χ0v) is 15.9. The molecule has 1 N–H and O–H groups in total. The molecule has 2 aromatic carbocycles. The van der Waals surface area contributed by atoms with Gasteiger partial charge in [-0.05, 0) is 42.5 Å². The highest BCUT2D eigenvalue weighted by Crippen LogP contribution is 2.34. The number of nitrogens with one attached hydrogen (secondary N) is 1. The van der Waals surface area contributed by atoms with Crippen LogP contribution in [0.5, 0.6) is 0 Å². The molecule has 2 aromatic rings. The molecule has 0 bridgehead atoms. The quantitative estimate of drug-likeness (QED) is 0.873. The Balaban J connectivity index is 1.29. The molecule has 28 heavy (non-hydrogen) atoms. The van der Waals surface area contributed by atoms with Crippen molar-refractivity contribution in [1.29, 1.82) is 0 Å². The molecule has 5 rings (SSSR count). The Morgan fingerprint density at radius 3 is 2.71 bits per heavy atom. The summed E-state index contributed by atoms with van der Waals surface area (Å²) in [6.07, 6.45) is 3.57. The van der Waals surface area contributed by atoms with Crippen molar-refractivity contribution in [2.24, 2.45) is 5.92 Å². The van der Waals surface area contributed by atoms with E-state index in [1.54, 1.807) is 0 Å². The molecule has 1 atom stereocenters. The number of rotatable bonds is 5. The second-order valence-electron chi connectivity index (χ2n) is 8.12. The van der Waals surface area contributed by atoms with Crippen LogP contribution in [0.25, 0.3) is 0 Å². The zero-order valence-electron chi connectivity index (χ0n) is 15.9. The number of para-hydroxylation sites is 2. The molecule has 1 saturated carbocycles. The predicted octanol–water partition coefficient (Wildman–Crippen LogP) is 3.20. The number of fused-ring (bicyclic) bond motifs is 1. The van der Waals surface area contributed by atoms with E-state index >= 15 is 0 Å². The van der Waals surface area contributed by atoms with Gasteiger partial charge in [0.05, 0.1) is 5.92 Å². The van der Waals surface area contributed by atoms with E-state index in [2.05, 4.69) is 40.5 Å². The van der Waals surface area contributed by atoms with Gasteiger partial charge in [0.2, 0.25) is 11.8 Å². The van der Waals surface area contributed by atoms with Crippen molar-refractivity contribution < 1.29 is 9.59 Å². The second kappa shape index (κ2) is 6.97. The Morgan fingerprint density at radius 1 is 1.07 bits per heavy atom. The van der Waals surface area contributed by atoms with Gasteiger partial charge < -0.3 is 15.1 Å². The molecule has 1 aliphatic carbocycles. The third-order valence-corrected chi connectivity index (χ3v) is 6.14. The van der Waals surface area contributed by atoms with Crippen molar-refractivity contribution in [3.63, 3.8) is 0 Å². The maximum Gasteiger partial charge on any atom is 0.229 e. The lowest BCUT2D eigenvalue weighted by molar-refractivity contribution is -0.128. The lowest BCUT2D eigenvalue weighted by Crippen LogP contribution is -2.30. The van der Waals surface area contributed by atoms with E-state index in [0.717, 1.165) is 43.6 Å². The lowest BCUT2D eigenvalue weighted by Gasteiger charge is -2.22. The third-order valence-electron chi connectivity index (χ3n) is 6.14. The summed E-state index contributed by atoms with van der Waals surface area (Å²) in [7, 11) is 0. The number of benzene rings is 2. The summed E-state index contributed by atoms with van der Waals surface area (Å²) in [4.78, 5) is 29.3. The number of anilines is 2. The lowest BCUT2D eigenvalue weighted by atomic mass is 10.1. The van der Waals surface area contributed by atoms with E-state index in [4.69, 9.17) is 0 Å². The fourth-order valence-electron chi connectivity index (χ4n) is 4.44. The van der Waals surface area contributed by atoms with Crippen molar-refractivity contribution in [1.82, 2.24) is 4.90 Å². The van der Waals surface area contributed by atoms with Crippen LogP contribution in [0.1, 0.15) is 30.4 Å². The molecule has 0 radical (unpaired) electrons. The summed E-state index contributed by atoms with van der Waals surface area (Å²) in [5.74, 6) is -0.149. The van der Waals surface area contributed by atoms with Crippen molar-refractivity contribution in [2.75, 3.05) is 23.3 Å². The minimum absolute atomic E-state index is 0.0363. The average Bonchev–Trinajstić information content (AvgIpc) is 3.36. The Hall–Kier alpha value is -2.82. The van der Waals surface area contributed by atoms with E-state index in [1.165, 1.54) is 11.3 Å². The monoisotopic (exact) mass is 375 g/mol. The van der Waals surface area contributed by atoms with E-state index < -0.39 is 0 Å². The first-order valence-electron chi connectivity index (χ1n) is 10.2. The normalized spacial score (nSPS) is 21.1. The van der Waals surface area contributed by atoms with Crippen LogP contribution in [-0.2, 0) is 22.6 Å². The van der Waals surface area contributed by atoms with Gasteiger partial charge in [-0.25, -0.2) is 0 Å². The predicted molar refractivity (Wildman–Crippen MR) is 109 cm³/mol. The van der Waals surface area contributed by atoms with Gasteiger partial charge in [-0.1, -0.05) is 36.4 Å². The van der Waals surface area contributed by atoms with Crippen molar-refractivity contribution >= 4 is 23.2 Å². The molecular formula is C23H25N3O2. The molecule has 1 unspecified atom stereocenters. The highest BCUT2D eigenvalue weighted by Gasteiger charge is 2.41. The van der Waals surface area contributed by atoms with Crippen LogP contribution in [0.15, 0.2) is 48.5 Å². The molecule has 3 aliphatic rings. The van der Waals surface area contributed by atoms with Crippen LogP contribution in [0.4, 0.5) is 11.4 Å². The molecule has 5 heteroatoms. The minimum Gasteiger partial charge on any atom is -0.367 e. The maximum atomic E-state index is 12.8. The summed E-state index contributed by atoms with van der Waals surface area (Å²) in [5, 5.41) is 3.11. The molecule has 2 fully saturated rings. The highest BCUT2D eigenvalue weighted by molar-refractivity contribution is 5.97. The molecule has 1 saturated heterocycles. The number of carbonyl (C=O) groups is 2. The highest BCUT2D eigenvalue weighted by atomic mass is 16.2. The SMILES string of the molecule is O=C(Nc1ccccc1CN1CCc2ccccc21)C1CC(=O)N(C2CC2)C1. The molecule has 2 heterocycles. The number of hydrogen-bond donors (Lipinski definition) is 1. The Morgan fingerprint density at radius 2 is 1.86 bits per heavy atom.